The molecule has 4 nitrogen and oxygen atoms in total. The smallest absolute Gasteiger partial charge is 0.327 e. The Kier molecular flexibility index (Phi) is 5.09. The molecule has 4 aromatic rings. The number of rotatable bonds is 5. The largest absolute Gasteiger partial charge is 0.328 e. The molecule has 138 valence electrons. The first kappa shape index (κ1) is 18.6. The summed E-state index contributed by atoms with van der Waals surface area (Å²) in [5.41, 5.74) is 0.357. The first-order valence-electron chi connectivity index (χ1n) is 8.84. The molecule has 0 bridgehead atoms. The van der Waals surface area contributed by atoms with Gasteiger partial charge in [-0.15, -0.1) is 0 Å². The first-order chi connectivity index (χ1) is 13.7. The SMILES string of the molecule is N#CC(COP(O)O)(c1cccc2ccccc12)c1cccc2ccccc12. The highest BCUT2D eigenvalue weighted by Crippen LogP contribution is 2.42. The maximum absolute atomic E-state index is 10.4. The van der Waals surface area contributed by atoms with Crippen molar-refractivity contribution in [2.45, 2.75) is 5.41 Å². The van der Waals surface area contributed by atoms with Crippen LogP contribution in [0.3, 0.4) is 0 Å². The Labute approximate surface area is 164 Å². The van der Waals surface area contributed by atoms with Gasteiger partial charge in [-0.05, 0) is 32.7 Å². The number of nitriles is 1. The molecule has 0 aliphatic heterocycles. The van der Waals surface area contributed by atoms with Crippen molar-refractivity contribution in [2.75, 3.05) is 6.61 Å². The third-order valence-corrected chi connectivity index (χ3v) is 5.45. The summed E-state index contributed by atoms with van der Waals surface area (Å²) in [5.74, 6) is 0. The molecule has 4 rings (SSSR count). The quantitative estimate of drug-likeness (QED) is 0.471. The van der Waals surface area contributed by atoms with E-state index in [1.165, 1.54) is 0 Å². The summed E-state index contributed by atoms with van der Waals surface area (Å²) >= 11 is 0. The first-order valence-corrected chi connectivity index (χ1v) is 10.0. The third kappa shape index (κ3) is 3.16. The Morgan fingerprint density at radius 1 is 0.750 bits per heavy atom. The molecular weight excluding hydrogens is 369 g/mol. The van der Waals surface area contributed by atoms with Gasteiger partial charge in [-0.3, -0.25) is 0 Å². The van der Waals surface area contributed by atoms with E-state index >= 15 is 0 Å². The van der Waals surface area contributed by atoms with Crippen LogP contribution in [0.1, 0.15) is 11.1 Å². The Balaban J connectivity index is 2.06. The van der Waals surface area contributed by atoms with Gasteiger partial charge in [-0.25, -0.2) is 0 Å². The predicted molar refractivity (Wildman–Crippen MR) is 112 cm³/mol. The number of nitrogens with zero attached hydrogens (tertiary/aromatic N) is 1. The molecule has 0 radical (unpaired) electrons. The van der Waals surface area contributed by atoms with E-state index in [2.05, 4.69) is 6.07 Å². The lowest BCUT2D eigenvalue weighted by Crippen LogP contribution is -2.31. The van der Waals surface area contributed by atoms with Crippen LogP contribution in [0.4, 0.5) is 0 Å². The average Bonchev–Trinajstić information content (AvgIpc) is 2.74. The number of benzene rings is 4. The molecule has 0 aromatic heterocycles. The topological polar surface area (TPSA) is 73.5 Å². The summed E-state index contributed by atoms with van der Waals surface area (Å²) in [5, 5.41) is 14.3. The highest BCUT2D eigenvalue weighted by Gasteiger charge is 2.38. The second-order valence-electron chi connectivity index (χ2n) is 6.60. The standard InChI is InChI=1S/C23H18NO3P/c24-15-23(16-27-28(25)26,21-13-5-9-17-7-1-3-11-19(17)21)22-14-6-10-18-8-2-4-12-20(18)22/h1-14,25-26H,16H2. The molecule has 28 heavy (non-hydrogen) atoms. The molecule has 0 spiro atoms. The van der Waals surface area contributed by atoms with Crippen LogP contribution in [0.2, 0.25) is 0 Å². The van der Waals surface area contributed by atoms with Gasteiger partial charge in [-0.2, -0.15) is 5.26 Å². The lowest BCUT2D eigenvalue weighted by atomic mass is 9.73. The number of hydrogen-bond donors (Lipinski definition) is 2. The van der Waals surface area contributed by atoms with Crippen LogP contribution in [-0.2, 0) is 9.94 Å². The lowest BCUT2D eigenvalue weighted by molar-refractivity contribution is 0.229. The van der Waals surface area contributed by atoms with Gasteiger partial charge in [0.2, 0.25) is 0 Å². The summed E-state index contributed by atoms with van der Waals surface area (Å²) in [6, 6.07) is 29.8. The Hall–Kier alpha value is -2.80. The molecule has 0 aliphatic carbocycles. The van der Waals surface area contributed by atoms with Crippen LogP contribution in [0.15, 0.2) is 84.9 Å². The van der Waals surface area contributed by atoms with Crippen LogP contribution in [0.5, 0.6) is 0 Å². The van der Waals surface area contributed by atoms with Crippen molar-refractivity contribution in [3.05, 3.63) is 96.1 Å². The minimum Gasteiger partial charge on any atom is -0.328 e. The van der Waals surface area contributed by atoms with Crippen molar-refractivity contribution in [2.24, 2.45) is 0 Å². The van der Waals surface area contributed by atoms with Gasteiger partial charge in [0.15, 0.2) is 0 Å². The van der Waals surface area contributed by atoms with E-state index in [1.54, 1.807) is 0 Å². The zero-order chi connectivity index (χ0) is 19.6. The van der Waals surface area contributed by atoms with Gasteiger partial charge < -0.3 is 14.3 Å². The zero-order valence-corrected chi connectivity index (χ0v) is 15.9. The number of hydrogen-bond acceptors (Lipinski definition) is 4. The fourth-order valence-electron chi connectivity index (χ4n) is 3.80. The minimum absolute atomic E-state index is 0.162. The highest BCUT2D eigenvalue weighted by atomic mass is 31.2. The molecule has 5 heteroatoms. The van der Waals surface area contributed by atoms with Crippen LogP contribution < -0.4 is 0 Å². The van der Waals surface area contributed by atoms with E-state index in [1.807, 2.05) is 84.9 Å². The lowest BCUT2D eigenvalue weighted by Gasteiger charge is -2.30. The van der Waals surface area contributed by atoms with Crippen LogP contribution >= 0.6 is 8.60 Å². The second-order valence-corrected chi connectivity index (χ2v) is 7.36. The van der Waals surface area contributed by atoms with E-state index in [0.29, 0.717) is 0 Å². The fourth-order valence-corrected chi connectivity index (χ4v) is 4.11. The normalized spacial score (nSPS) is 11.8. The maximum Gasteiger partial charge on any atom is 0.327 e. The monoisotopic (exact) mass is 387 g/mol. The summed E-state index contributed by atoms with van der Waals surface area (Å²) < 4.78 is 5.26. The van der Waals surface area contributed by atoms with Crippen LogP contribution in [-0.4, -0.2) is 16.4 Å². The molecule has 4 aromatic carbocycles. The van der Waals surface area contributed by atoms with E-state index < -0.39 is 14.0 Å². The Bertz CT molecular complexity index is 1090. The Morgan fingerprint density at radius 3 is 1.68 bits per heavy atom. The van der Waals surface area contributed by atoms with Crippen molar-refractivity contribution in [3.63, 3.8) is 0 Å². The molecule has 0 saturated carbocycles. The van der Waals surface area contributed by atoms with Gasteiger partial charge >= 0.3 is 8.60 Å². The van der Waals surface area contributed by atoms with Gasteiger partial charge in [0.1, 0.15) is 5.41 Å². The van der Waals surface area contributed by atoms with Crippen LogP contribution in [0, 0.1) is 11.3 Å². The molecule has 0 atom stereocenters. The fraction of sp³-hybridized carbons (Fsp3) is 0.0870. The van der Waals surface area contributed by atoms with Crippen molar-refractivity contribution in [1.29, 1.82) is 5.26 Å². The molecule has 0 unspecified atom stereocenters. The Morgan fingerprint density at radius 2 is 1.21 bits per heavy atom. The summed E-state index contributed by atoms with van der Waals surface area (Å²) in [6.45, 7) is -0.162. The van der Waals surface area contributed by atoms with E-state index in [0.717, 1.165) is 32.7 Å². The molecule has 0 saturated heterocycles. The molecular formula is C23H18NO3P. The van der Waals surface area contributed by atoms with Crippen molar-refractivity contribution in [1.82, 2.24) is 0 Å². The van der Waals surface area contributed by atoms with Crippen molar-refractivity contribution in [3.8, 4) is 6.07 Å². The van der Waals surface area contributed by atoms with E-state index in [9.17, 15) is 15.0 Å². The molecule has 0 aliphatic rings. The van der Waals surface area contributed by atoms with E-state index in [4.69, 9.17) is 4.52 Å². The zero-order valence-electron chi connectivity index (χ0n) is 15.0. The van der Waals surface area contributed by atoms with Crippen LogP contribution in [0.25, 0.3) is 21.5 Å². The van der Waals surface area contributed by atoms with Crippen molar-refractivity contribution >= 4 is 30.1 Å². The molecule has 2 N–H and O–H groups in total. The van der Waals surface area contributed by atoms with Gasteiger partial charge in [0, 0.05) is 0 Å². The maximum atomic E-state index is 10.4. The highest BCUT2D eigenvalue weighted by molar-refractivity contribution is 7.39. The third-order valence-electron chi connectivity index (χ3n) is 5.09. The molecule has 0 heterocycles. The second kappa shape index (κ2) is 7.67. The van der Waals surface area contributed by atoms with Crippen molar-refractivity contribution < 1.29 is 14.3 Å². The number of fused-ring (bicyclic) bond motifs is 2. The summed E-state index contributed by atoms with van der Waals surface area (Å²) in [6.07, 6.45) is 0. The summed E-state index contributed by atoms with van der Waals surface area (Å²) in [7, 11) is -2.59. The molecule has 0 fully saturated rings. The van der Waals surface area contributed by atoms with Gasteiger partial charge in [0.05, 0.1) is 12.7 Å². The minimum atomic E-state index is -2.59. The van der Waals surface area contributed by atoms with Gasteiger partial charge in [0.25, 0.3) is 0 Å². The molecule has 0 amide bonds. The predicted octanol–water partition coefficient (Wildman–Crippen LogP) is 5.03. The summed E-state index contributed by atoms with van der Waals surface area (Å²) in [4.78, 5) is 18.8. The van der Waals surface area contributed by atoms with E-state index in [-0.39, 0.29) is 6.61 Å². The van der Waals surface area contributed by atoms with Gasteiger partial charge in [-0.1, -0.05) is 84.9 Å². The average molecular weight is 387 g/mol.